The van der Waals surface area contributed by atoms with E-state index in [1.165, 1.54) is 5.56 Å². The van der Waals surface area contributed by atoms with Gasteiger partial charge >= 0.3 is 12.1 Å². The average Bonchev–Trinajstić information content (AvgIpc) is 3.30. The Morgan fingerprint density at radius 2 is 1.51 bits per heavy atom. The van der Waals surface area contributed by atoms with Gasteiger partial charge in [-0.2, -0.15) is 0 Å². The van der Waals surface area contributed by atoms with E-state index in [9.17, 15) is 19.5 Å². The van der Waals surface area contributed by atoms with E-state index in [1.807, 2.05) is 42.5 Å². The number of piperidine rings is 1. The Kier molecular flexibility index (Phi) is 8.69. The minimum absolute atomic E-state index is 0.0137. The maximum absolute atomic E-state index is 13.3. The highest BCUT2D eigenvalue weighted by Crippen LogP contribution is 2.44. The van der Waals surface area contributed by atoms with Crippen LogP contribution >= 0.6 is 0 Å². The van der Waals surface area contributed by atoms with Crippen molar-refractivity contribution in [3.05, 3.63) is 95.6 Å². The van der Waals surface area contributed by atoms with Crippen LogP contribution in [0.5, 0.6) is 0 Å². The van der Waals surface area contributed by atoms with Crippen LogP contribution in [0.25, 0.3) is 11.1 Å². The normalized spacial score (nSPS) is 16.7. The summed E-state index contributed by atoms with van der Waals surface area (Å²) in [7, 11) is 0. The molecule has 1 fully saturated rings. The maximum Gasteiger partial charge on any atom is 0.407 e. The molecule has 1 aliphatic heterocycles. The summed E-state index contributed by atoms with van der Waals surface area (Å²) in [5, 5.41) is 15.1. The highest BCUT2D eigenvalue weighted by atomic mass is 16.5. The predicted molar refractivity (Wildman–Crippen MR) is 156 cm³/mol. The zero-order chi connectivity index (χ0) is 28.8. The van der Waals surface area contributed by atoms with E-state index in [0.717, 1.165) is 28.8 Å². The molecule has 0 spiro atoms. The van der Waals surface area contributed by atoms with Crippen molar-refractivity contribution >= 4 is 18.0 Å². The largest absolute Gasteiger partial charge is 0.480 e. The van der Waals surface area contributed by atoms with E-state index in [4.69, 9.17) is 4.74 Å². The molecule has 0 aromatic heterocycles. The van der Waals surface area contributed by atoms with Gasteiger partial charge in [-0.05, 0) is 47.1 Å². The number of benzene rings is 3. The highest BCUT2D eigenvalue weighted by molar-refractivity contribution is 5.84. The number of carboxylic acid groups (broad SMARTS) is 1. The Labute approximate surface area is 240 Å². The Bertz CT molecular complexity index is 1340. The first-order valence-electron chi connectivity index (χ1n) is 14.3. The first kappa shape index (κ1) is 28.4. The molecular weight excluding hydrogens is 518 g/mol. The summed E-state index contributed by atoms with van der Waals surface area (Å²) in [5.41, 5.74) is 4.93. The van der Waals surface area contributed by atoms with E-state index >= 15 is 0 Å². The second-order valence-electron chi connectivity index (χ2n) is 11.0. The van der Waals surface area contributed by atoms with Crippen molar-refractivity contribution in [1.29, 1.82) is 0 Å². The van der Waals surface area contributed by atoms with Crippen LogP contribution in [0.4, 0.5) is 4.79 Å². The number of amides is 2. The average molecular weight is 556 g/mol. The van der Waals surface area contributed by atoms with Gasteiger partial charge in [0, 0.05) is 32.0 Å². The Hall–Kier alpha value is -4.17. The van der Waals surface area contributed by atoms with Crippen molar-refractivity contribution in [2.45, 2.75) is 56.7 Å². The van der Waals surface area contributed by atoms with Gasteiger partial charge < -0.3 is 20.5 Å². The van der Waals surface area contributed by atoms with E-state index in [1.54, 1.807) is 6.92 Å². The molecule has 2 amide bonds. The summed E-state index contributed by atoms with van der Waals surface area (Å²) in [6.07, 6.45) is 0.781. The van der Waals surface area contributed by atoms with Gasteiger partial charge in [-0.15, -0.1) is 0 Å². The van der Waals surface area contributed by atoms with Gasteiger partial charge in [-0.1, -0.05) is 85.8 Å². The summed E-state index contributed by atoms with van der Waals surface area (Å²) >= 11 is 0. The molecule has 1 saturated heterocycles. The second kappa shape index (κ2) is 12.6. The van der Waals surface area contributed by atoms with Gasteiger partial charge in [0.1, 0.15) is 12.6 Å². The Morgan fingerprint density at radius 1 is 0.927 bits per heavy atom. The third kappa shape index (κ3) is 6.60. The van der Waals surface area contributed by atoms with Crippen LogP contribution in [-0.2, 0) is 20.9 Å². The van der Waals surface area contributed by atoms with Crippen LogP contribution in [0.3, 0.4) is 0 Å². The molecule has 3 N–H and O–H groups in total. The molecule has 3 aromatic rings. The molecule has 1 heterocycles. The Balaban J connectivity index is 1.26. The van der Waals surface area contributed by atoms with E-state index in [-0.39, 0.29) is 25.4 Å². The molecule has 0 radical (unpaired) electrons. The summed E-state index contributed by atoms with van der Waals surface area (Å²) in [6.45, 7) is 4.04. The van der Waals surface area contributed by atoms with Gasteiger partial charge in [0.05, 0.1) is 5.54 Å². The van der Waals surface area contributed by atoms with Crippen molar-refractivity contribution in [3.63, 3.8) is 0 Å². The van der Waals surface area contributed by atoms with Gasteiger partial charge in [-0.25, -0.2) is 9.59 Å². The molecule has 41 heavy (non-hydrogen) atoms. The smallest absolute Gasteiger partial charge is 0.407 e. The lowest BCUT2D eigenvalue weighted by Gasteiger charge is -2.42. The third-order valence-electron chi connectivity index (χ3n) is 8.31. The van der Waals surface area contributed by atoms with Crippen LogP contribution in [0, 0.1) is 0 Å². The lowest BCUT2D eigenvalue weighted by molar-refractivity contribution is -0.142. The van der Waals surface area contributed by atoms with Gasteiger partial charge in [-0.3, -0.25) is 9.69 Å². The predicted octanol–water partition coefficient (Wildman–Crippen LogP) is 4.93. The quantitative estimate of drug-likeness (QED) is 0.328. The topological polar surface area (TPSA) is 108 Å². The van der Waals surface area contributed by atoms with Gasteiger partial charge in [0.15, 0.2) is 0 Å². The maximum atomic E-state index is 13.3. The molecule has 0 bridgehead atoms. The summed E-state index contributed by atoms with van der Waals surface area (Å²) in [4.78, 5) is 40.1. The number of hydrogen-bond donors (Lipinski definition) is 3. The van der Waals surface area contributed by atoms with Crippen LogP contribution in [0.1, 0.15) is 55.2 Å². The van der Waals surface area contributed by atoms with Crippen molar-refractivity contribution in [2.75, 3.05) is 19.7 Å². The number of ether oxygens (including phenoxy) is 1. The number of fused-ring (bicyclic) bond motifs is 3. The molecular formula is C33H37N3O5. The fourth-order valence-electron chi connectivity index (χ4n) is 6.07. The van der Waals surface area contributed by atoms with Crippen molar-refractivity contribution < 1.29 is 24.2 Å². The van der Waals surface area contributed by atoms with Crippen LogP contribution in [0.15, 0.2) is 78.9 Å². The van der Waals surface area contributed by atoms with E-state index < -0.39 is 29.6 Å². The monoisotopic (exact) mass is 555 g/mol. The highest BCUT2D eigenvalue weighted by Gasteiger charge is 2.39. The van der Waals surface area contributed by atoms with E-state index in [0.29, 0.717) is 25.9 Å². The molecule has 214 valence electrons. The molecule has 1 atom stereocenters. The number of rotatable bonds is 10. The van der Waals surface area contributed by atoms with E-state index in [2.05, 4.69) is 51.9 Å². The summed E-state index contributed by atoms with van der Waals surface area (Å²) in [6, 6.07) is 25.6. The number of carbonyl (C=O) groups is 3. The second-order valence-corrected chi connectivity index (χ2v) is 11.0. The van der Waals surface area contributed by atoms with Crippen molar-refractivity contribution in [2.24, 2.45) is 0 Å². The molecule has 1 aliphatic carbocycles. The number of nitrogens with zero attached hydrogens (tertiary/aromatic N) is 1. The lowest BCUT2D eigenvalue weighted by atomic mass is 9.83. The lowest BCUT2D eigenvalue weighted by Crippen LogP contribution is -2.58. The van der Waals surface area contributed by atoms with Crippen molar-refractivity contribution in [1.82, 2.24) is 15.5 Å². The SMILES string of the molecule is CC[C@H](NC(=O)CC1(NC(=O)OCC2c3ccccc3-c3ccccc32)CCN(Cc2ccccc2)CC1)C(=O)O. The molecule has 0 saturated carbocycles. The summed E-state index contributed by atoms with van der Waals surface area (Å²) in [5.74, 6) is -1.53. The number of aliphatic carboxylic acids is 1. The zero-order valence-electron chi connectivity index (χ0n) is 23.3. The van der Waals surface area contributed by atoms with Crippen LogP contribution < -0.4 is 10.6 Å². The molecule has 0 unspecified atom stereocenters. The number of alkyl carbamates (subject to hydrolysis) is 1. The zero-order valence-corrected chi connectivity index (χ0v) is 23.3. The number of hydrogen-bond acceptors (Lipinski definition) is 5. The van der Waals surface area contributed by atoms with Crippen molar-refractivity contribution in [3.8, 4) is 11.1 Å². The number of likely N-dealkylation sites (tertiary alicyclic amines) is 1. The van der Waals surface area contributed by atoms with Crippen LogP contribution in [0.2, 0.25) is 0 Å². The molecule has 2 aliphatic rings. The minimum Gasteiger partial charge on any atom is -0.480 e. The van der Waals surface area contributed by atoms with Crippen LogP contribution in [-0.4, -0.2) is 59.3 Å². The molecule has 8 heteroatoms. The first-order valence-corrected chi connectivity index (χ1v) is 14.3. The standard InChI is InChI=1S/C33H37N3O5/c1-2-29(31(38)39)34-30(37)20-33(16-18-36(19-17-33)21-23-10-4-3-5-11-23)35-32(40)41-22-28-26-14-8-6-12-24(26)25-13-7-9-15-27(25)28/h3-15,28-29H,2,16-22H2,1H3,(H,34,37)(H,35,40)(H,38,39)/t29-/m0/s1. The van der Waals surface area contributed by atoms with Gasteiger partial charge in [0.25, 0.3) is 0 Å². The third-order valence-corrected chi connectivity index (χ3v) is 8.31. The number of carboxylic acids is 1. The molecule has 8 nitrogen and oxygen atoms in total. The first-order chi connectivity index (χ1) is 19.9. The summed E-state index contributed by atoms with van der Waals surface area (Å²) < 4.78 is 5.82. The minimum atomic E-state index is -1.07. The Morgan fingerprint density at radius 3 is 2.10 bits per heavy atom. The fourth-order valence-corrected chi connectivity index (χ4v) is 6.07. The number of nitrogens with one attached hydrogen (secondary N) is 2. The molecule has 5 rings (SSSR count). The van der Waals surface area contributed by atoms with Gasteiger partial charge in [0.2, 0.25) is 5.91 Å². The number of carbonyl (C=O) groups excluding carboxylic acids is 2. The molecule has 3 aromatic carbocycles. The fraction of sp³-hybridized carbons (Fsp3) is 0.364.